The number of hydrogen-bond acceptors (Lipinski definition) is 4. The quantitative estimate of drug-likeness (QED) is 0.591. The molecular weight excluding hydrogens is 414 g/mol. The summed E-state index contributed by atoms with van der Waals surface area (Å²) in [6, 6.07) is 23.7. The highest BCUT2D eigenvalue weighted by atomic mass is 16.5. The van der Waals surface area contributed by atoms with E-state index in [-0.39, 0.29) is 18.4 Å². The summed E-state index contributed by atoms with van der Waals surface area (Å²) in [6.45, 7) is 2.39. The predicted octanol–water partition coefficient (Wildman–Crippen LogP) is 4.39. The Bertz CT molecular complexity index is 1160. The zero-order valence-electron chi connectivity index (χ0n) is 18.5. The van der Waals surface area contributed by atoms with Crippen LogP contribution in [0.15, 0.2) is 72.8 Å². The van der Waals surface area contributed by atoms with Crippen LogP contribution in [-0.2, 0) is 22.6 Å². The molecule has 0 radical (unpaired) electrons. The molecule has 1 N–H and O–H groups in total. The van der Waals surface area contributed by atoms with Crippen LogP contribution < -0.4 is 19.9 Å². The molecule has 6 nitrogen and oxygen atoms in total. The Kier molecular flexibility index (Phi) is 5.98. The lowest BCUT2D eigenvalue weighted by Crippen LogP contribution is -2.24. The minimum Gasteiger partial charge on any atom is -0.484 e. The van der Waals surface area contributed by atoms with Crippen molar-refractivity contribution in [2.45, 2.75) is 25.8 Å². The van der Waals surface area contributed by atoms with E-state index in [1.165, 1.54) is 11.3 Å². The van der Waals surface area contributed by atoms with E-state index in [4.69, 9.17) is 4.74 Å². The molecule has 168 valence electrons. The van der Waals surface area contributed by atoms with Gasteiger partial charge < -0.3 is 19.9 Å². The van der Waals surface area contributed by atoms with E-state index in [1.54, 1.807) is 17.0 Å². The van der Waals surface area contributed by atoms with Crippen molar-refractivity contribution in [3.63, 3.8) is 0 Å². The number of nitrogens with zero attached hydrogens (tertiary/aromatic N) is 2. The van der Waals surface area contributed by atoms with Crippen molar-refractivity contribution in [3.05, 3.63) is 83.9 Å². The average Bonchev–Trinajstić information content (AvgIpc) is 3.46. The molecule has 2 aliphatic rings. The molecule has 0 aromatic heterocycles. The summed E-state index contributed by atoms with van der Waals surface area (Å²) in [5.74, 6) is 0.546. The Labute approximate surface area is 193 Å². The smallest absolute Gasteiger partial charge is 0.262 e. The first kappa shape index (κ1) is 21.1. The van der Waals surface area contributed by atoms with E-state index in [1.807, 2.05) is 30.3 Å². The van der Waals surface area contributed by atoms with Gasteiger partial charge in [-0.15, -0.1) is 0 Å². The van der Waals surface area contributed by atoms with Crippen molar-refractivity contribution >= 4 is 28.9 Å². The van der Waals surface area contributed by atoms with E-state index in [0.717, 1.165) is 49.4 Å². The summed E-state index contributed by atoms with van der Waals surface area (Å²) in [5.41, 5.74) is 5.38. The van der Waals surface area contributed by atoms with Gasteiger partial charge in [0.2, 0.25) is 5.91 Å². The molecule has 0 spiro atoms. The minimum atomic E-state index is -0.205. The summed E-state index contributed by atoms with van der Waals surface area (Å²) in [4.78, 5) is 28.6. The zero-order chi connectivity index (χ0) is 22.6. The number of amides is 2. The zero-order valence-corrected chi connectivity index (χ0v) is 18.5. The number of hydrogen-bond donors (Lipinski definition) is 1. The van der Waals surface area contributed by atoms with Crippen molar-refractivity contribution in [1.29, 1.82) is 0 Å². The van der Waals surface area contributed by atoms with Crippen molar-refractivity contribution in [2.75, 3.05) is 34.8 Å². The lowest BCUT2D eigenvalue weighted by molar-refractivity contribution is -0.118. The van der Waals surface area contributed by atoms with Crippen LogP contribution in [0, 0.1) is 0 Å². The lowest BCUT2D eigenvalue weighted by atomic mass is 10.1. The maximum Gasteiger partial charge on any atom is 0.262 e. The van der Waals surface area contributed by atoms with E-state index in [9.17, 15) is 9.59 Å². The van der Waals surface area contributed by atoms with Gasteiger partial charge in [0.1, 0.15) is 5.75 Å². The van der Waals surface area contributed by atoms with Gasteiger partial charge in [-0.05, 0) is 60.4 Å². The Morgan fingerprint density at radius 1 is 0.909 bits per heavy atom. The second-order valence-electron chi connectivity index (χ2n) is 8.44. The Morgan fingerprint density at radius 2 is 1.70 bits per heavy atom. The van der Waals surface area contributed by atoms with Gasteiger partial charge in [-0.25, -0.2) is 0 Å². The maximum atomic E-state index is 12.6. The van der Waals surface area contributed by atoms with Gasteiger partial charge in [0, 0.05) is 43.1 Å². The average molecular weight is 442 g/mol. The molecule has 3 aromatic rings. The third-order valence-electron chi connectivity index (χ3n) is 6.23. The normalized spacial score (nSPS) is 15.0. The summed E-state index contributed by atoms with van der Waals surface area (Å²) in [5, 5.41) is 3.00. The Hall–Kier alpha value is -3.80. The number of rotatable bonds is 7. The Balaban J connectivity index is 1.18. The van der Waals surface area contributed by atoms with Gasteiger partial charge in [-0.1, -0.05) is 36.4 Å². The van der Waals surface area contributed by atoms with Crippen molar-refractivity contribution in [2.24, 2.45) is 0 Å². The Morgan fingerprint density at radius 3 is 2.52 bits per heavy atom. The SMILES string of the molecule is O=C(COc1ccc(N2CCCC2=O)cc1)Nc1ccccc1CN1CCc2ccccc21. The van der Waals surface area contributed by atoms with Gasteiger partial charge in [0.25, 0.3) is 5.91 Å². The largest absolute Gasteiger partial charge is 0.484 e. The van der Waals surface area contributed by atoms with Crippen molar-refractivity contribution in [1.82, 2.24) is 0 Å². The monoisotopic (exact) mass is 441 g/mol. The molecular formula is C27H27N3O3. The highest BCUT2D eigenvalue weighted by Gasteiger charge is 2.22. The first-order chi connectivity index (χ1) is 16.2. The number of nitrogens with one attached hydrogen (secondary N) is 1. The van der Waals surface area contributed by atoms with Crippen LogP contribution in [-0.4, -0.2) is 31.5 Å². The number of carbonyl (C=O) groups excluding carboxylic acids is 2. The number of carbonyl (C=O) groups is 2. The lowest BCUT2D eigenvalue weighted by Gasteiger charge is -2.21. The van der Waals surface area contributed by atoms with Crippen molar-refractivity contribution < 1.29 is 14.3 Å². The molecule has 1 fully saturated rings. The molecule has 5 rings (SSSR count). The maximum absolute atomic E-state index is 12.6. The van der Waals surface area contributed by atoms with Crippen LogP contribution in [0.3, 0.4) is 0 Å². The first-order valence-corrected chi connectivity index (χ1v) is 11.4. The minimum absolute atomic E-state index is 0.0805. The second-order valence-corrected chi connectivity index (χ2v) is 8.44. The molecule has 0 atom stereocenters. The van der Waals surface area contributed by atoms with Crippen LogP contribution in [0.1, 0.15) is 24.0 Å². The van der Waals surface area contributed by atoms with E-state index < -0.39 is 0 Å². The summed E-state index contributed by atoms with van der Waals surface area (Å²) < 4.78 is 5.68. The van der Waals surface area contributed by atoms with E-state index >= 15 is 0 Å². The van der Waals surface area contributed by atoms with Gasteiger partial charge in [-0.2, -0.15) is 0 Å². The number of ether oxygens (including phenoxy) is 1. The van der Waals surface area contributed by atoms with E-state index in [0.29, 0.717) is 12.2 Å². The molecule has 0 unspecified atom stereocenters. The molecule has 2 aliphatic heterocycles. The summed E-state index contributed by atoms with van der Waals surface area (Å²) >= 11 is 0. The molecule has 2 heterocycles. The fourth-order valence-corrected chi connectivity index (χ4v) is 4.54. The van der Waals surface area contributed by atoms with Gasteiger partial charge >= 0.3 is 0 Å². The molecule has 6 heteroatoms. The van der Waals surface area contributed by atoms with Gasteiger partial charge in [-0.3, -0.25) is 9.59 Å². The standard InChI is InChI=1S/C27H27N3O3/c31-26(19-33-23-13-11-22(12-14-23)30-16-5-10-27(30)32)28-24-8-3-1-7-21(24)18-29-17-15-20-6-2-4-9-25(20)29/h1-4,6-9,11-14H,5,10,15-19H2,(H,28,31). The molecule has 1 saturated heterocycles. The molecule has 0 bridgehead atoms. The number of para-hydroxylation sites is 2. The van der Waals surface area contributed by atoms with Crippen LogP contribution in [0.2, 0.25) is 0 Å². The van der Waals surface area contributed by atoms with Crippen LogP contribution in [0.4, 0.5) is 17.1 Å². The fourth-order valence-electron chi connectivity index (χ4n) is 4.54. The summed E-state index contributed by atoms with van der Waals surface area (Å²) in [7, 11) is 0. The fraction of sp³-hybridized carbons (Fsp3) is 0.259. The van der Waals surface area contributed by atoms with Crippen LogP contribution in [0.5, 0.6) is 5.75 Å². The van der Waals surface area contributed by atoms with Gasteiger partial charge in [0.05, 0.1) is 0 Å². The molecule has 33 heavy (non-hydrogen) atoms. The molecule has 3 aromatic carbocycles. The first-order valence-electron chi connectivity index (χ1n) is 11.4. The molecule has 0 aliphatic carbocycles. The van der Waals surface area contributed by atoms with Gasteiger partial charge in [0.15, 0.2) is 6.61 Å². The van der Waals surface area contributed by atoms with E-state index in [2.05, 4.69) is 40.5 Å². The van der Waals surface area contributed by atoms with Crippen LogP contribution >= 0.6 is 0 Å². The number of anilines is 3. The highest BCUT2D eigenvalue weighted by Crippen LogP contribution is 2.30. The molecule has 2 amide bonds. The predicted molar refractivity (Wildman–Crippen MR) is 130 cm³/mol. The van der Waals surface area contributed by atoms with Crippen LogP contribution in [0.25, 0.3) is 0 Å². The topological polar surface area (TPSA) is 61.9 Å². The second kappa shape index (κ2) is 9.36. The third kappa shape index (κ3) is 4.70. The number of fused-ring (bicyclic) bond motifs is 1. The third-order valence-corrected chi connectivity index (χ3v) is 6.23. The van der Waals surface area contributed by atoms with Crippen molar-refractivity contribution in [3.8, 4) is 5.75 Å². The molecule has 0 saturated carbocycles. The number of benzene rings is 3. The summed E-state index contributed by atoms with van der Waals surface area (Å²) in [6.07, 6.45) is 2.54. The highest BCUT2D eigenvalue weighted by molar-refractivity contribution is 5.95.